The van der Waals surface area contributed by atoms with Gasteiger partial charge in [-0.25, -0.2) is 0 Å². The molecule has 0 bridgehead atoms. The van der Waals surface area contributed by atoms with E-state index in [1.54, 1.807) is 0 Å². The number of halogens is 1. The molecule has 2 N–H and O–H groups in total. The molecule has 0 aliphatic rings. The molecule has 1 aromatic carbocycles. The van der Waals surface area contributed by atoms with Gasteiger partial charge in [-0.15, -0.1) is 0 Å². The quantitative estimate of drug-likeness (QED) is 0.211. The maximum atomic E-state index is 10.4. The van der Waals surface area contributed by atoms with Crippen LogP contribution < -0.4 is 30.2 Å². The van der Waals surface area contributed by atoms with Gasteiger partial charge in [0.2, 0.25) is 0 Å². The van der Waals surface area contributed by atoms with Crippen LogP contribution in [0, 0.1) is 0 Å². The summed E-state index contributed by atoms with van der Waals surface area (Å²) in [5.74, 6) is 0.384. The average molecular weight is 316 g/mol. The summed E-state index contributed by atoms with van der Waals surface area (Å²) in [4.78, 5) is 10.4. The fourth-order valence-corrected chi connectivity index (χ4v) is 1.68. The zero-order valence-corrected chi connectivity index (χ0v) is 10.4. The molecule has 1 rings (SSSR count). The first kappa shape index (κ1) is 12.5. The van der Waals surface area contributed by atoms with Gasteiger partial charge in [0.1, 0.15) is 0 Å². The van der Waals surface area contributed by atoms with Crippen LogP contribution in [-0.2, 0) is 11.2 Å². The normalized spacial score (nSPS) is 12.3. The van der Waals surface area contributed by atoms with Gasteiger partial charge in [-0.05, 0) is 0 Å². The Labute approximate surface area is 101 Å². The van der Waals surface area contributed by atoms with Gasteiger partial charge in [-0.3, -0.25) is 0 Å². The van der Waals surface area contributed by atoms with Crippen molar-refractivity contribution in [3.05, 3.63) is 29.8 Å². The van der Waals surface area contributed by atoms with E-state index in [9.17, 15) is 4.79 Å². The second-order valence-corrected chi connectivity index (χ2v) is 4.56. The number of hydrogen-bond donors (Lipinski definition) is 1. The van der Waals surface area contributed by atoms with Crippen molar-refractivity contribution in [2.75, 3.05) is 4.61 Å². The first-order valence-corrected chi connectivity index (χ1v) is 7.24. The van der Waals surface area contributed by atoms with E-state index in [4.69, 9.17) is 16.5 Å². The molecule has 1 aromatic rings. The van der Waals surface area contributed by atoms with Crippen molar-refractivity contribution in [3.63, 3.8) is 0 Å². The monoisotopic (exact) mass is 316 g/mol. The van der Waals surface area contributed by atoms with Crippen molar-refractivity contribution in [3.8, 4) is 5.75 Å². The van der Waals surface area contributed by atoms with Gasteiger partial charge in [0.25, 0.3) is 0 Å². The molecule has 0 spiro atoms. The molecule has 5 heteroatoms. The molecule has 0 aliphatic heterocycles. The van der Waals surface area contributed by atoms with Gasteiger partial charge in [0.05, 0.1) is 0 Å². The standard InChI is InChI=1S/C10H12BINO2/c11-9(6-14)5-8-1-3-10(4-2-8)15-7-12-13/h1-4,6,9H,5,7,13H2/q-1. The summed E-state index contributed by atoms with van der Waals surface area (Å²) in [6.07, 6.45) is 1.32. The molecule has 1 unspecified atom stereocenters. The summed E-state index contributed by atoms with van der Waals surface area (Å²) >= 11 is -0.332. The molecule has 0 fully saturated rings. The summed E-state index contributed by atoms with van der Waals surface area (Å²) in [5.41, 5.74) is 1.03. The van der Waals surface area contributed by atoms with Crippen LogP contribution in [0.15, 0.2) is 24.3 Å². The zero-order chi connectivity index (χ0) is 11.1. The zero-order valence-electron chi connectivity index (χ0n) is 8.23. The Morgan fingerprint density at radius 2 is 2.13 bits per heavy atom. The van der Waals surface area contributed by atoms with E-state index in [-0.39, 0.29) is 21.5 Å². The summed E-state index contributed by atoms with van der Waals surface area (Å²) < 4.78 is 11.4. The molecular weight excluding hydrogens is 304 g/mol. The van der Waals surface area contributed by atoms with Crippen molar-refractivity contribution in [1.29, 1.82) is 0 Å². The number of benzene rings is 1. The molecule has 15 heavy (non-hydrogen) atoms. The maximum absolute atomic E-state index is 10.4. The molecule has 3 nitrogen and oxygen atoms in total. The Kier molecular flexibility index (Phi) is 5.71. The van der Waals surface area contributed by atoms with E-state index < -0.39 is 5.82 Å². The number of aldehydes is 1. The predicted molar refractivity (Wildman–Crippen MR) is 55.4 cm³/mol. The van der Waals surface area contributed by atoms with Crippen molar-refractivity contribution >= 4 is 14.1 Å². The van der Waals surface area contributed by atoms with Crippen molar-refractivity contribution < 1.29 is 31.0 Å². The van der Waals surface area contributed by atoms with Crippen molar-refractivity contribution in [2.45, 2.75) is 12.2 Å². The first-order chi connectivity index (χ1) is 7.26. The van der Waals surface area contributed by atoms with Crippen molar-refractivity contribution in [1.82, 2.24) is 0 Å². The van der Waals surface area contributed by atoms with E-state index in [1.807, 2.05) is 24.3 Å². The van der Waals surface area contributed by atoms with Gasteiger partial charge in [-0.2, -0.15) is 0 Å². The first-order valence-electron chi connectivity index (χ1n) is 4.46. The van der Waals surface area contributed by atoms with Gasteiger partial charge in [0, 0.05) is 0 Å². The van der Waals surface area contributed by atoms with Crippen LogP contribution >= 0.6 is 0 Å². The number of carbonyl (C=O) groups is 1. The van der Waals surface area contributed by atoms with Gasteiger partial charge >= 0.3 is 102 Å². The molecule has 0 aromatic heterocycles. The van der Waals surface area contributed by atoms with Crippen LogP contribution in [0.4, 0.5) is 0 Å². The van der Waals surface area contributed by atoms with E-state index >= 15 is 0 Å². The number of nitrogens with two attached hydrogens (primary N) is 1. The van der Waals surface area contributed by atoms with Crippen LogP contribution in [-0.4, -0.2) is 18.7 Å². The minimum atomic E-state index is -0.424. The molecule has 0 amide bonds. The summed E-state index contributed by atoms with van der Waals surface area (Å²) in [5, 5.41) is 0. The SMILES string of the molecule is [B]C(C=O)Cc1ccc(OC[I-]N)cc1. The van der Waals surface area contributed by atoms with Crippen LogP contribution in [0.25, 0.3) is 0 Å². The van der Waals surface area contributed by atoms with Crippen molar-refractivity contribution in [2.24, 2.45) is 3.95 Å². The number of ether oxygens (including phenoxy) is 1. The molecule has 80 valence electrons. The number of alkyl halides is 1. The Bertz CT molecular complexity index is 305. The second kappa shape index (κ2) is 6.84. The van der Waals surface area contributed by atoms with Crippen LogP contribution in [0.2, 0.25) is 5.82 Å². The minimum absolute atomic E-state index is 0.332. The van der Waals surface area contributed by atoms with Gasteiger partial charge < -0.3 is 0 Å². The Balaban J connectivity index is 2.52. The summed E-state index contributed by atoms with van der Waals surface area (Å²) in [6.45, 7) is 0. The van der Waals surface area contributed by atoms with Crippen LogP contribution in [0.3, 0.4) is 0 Å². The molecular formula is C10H12BINO2-. The Morgan fingerprint density at radius 3 is 2.67 bits per heavy atom. The summed E-state index contributed by atoms with van der Waals surface area (Å²) in [6, 6.07) is 7.56. The molecule has 0 aliphatic carbocycles. The third kappa shape index (κ3) is 4.66. The van der Waals surface area contributed by atoms with Gasteiger partial charge in [-0.1, -0.05) is 0 Å². The Hall–Kier alpha value is -0.555. The Morgan fingerprint density at radius 1 is 1.47 bits per heavy atom. The average Bonchev–Trinajstić information content (AvgIpc) is 2.28. The molecule has 0 heterocycles. The summed E-state index contributed by atoms with van der Waals surface area (Å²) in [7, 11) is 5.51. The third-order valence-corrected chi connectivity index (χ3v) is 2.52. The molecule has 1 atom stereocenters. The van der Waals surface area contributed by atoms with Gasteiger partial charge in [0.15, 0.2) is 0 Å². The van der Waals surface area contributed by atoms with Crippen LogP contribution in [0.5, 0.6) is 5.75 Å². The number of hydrogen-bond acceptors (Lipinski definition) is 3. The number of carbonyl (C=O) groups excluding carboxylic acids is 1. The predicted octanol–water partition coefficient (Wildman–Crippen LogP) is -2.32. The molecule has 0 saturated carbocycles. The molecule has 0 saturated heterocycles. The van der Waals surface area contributed by atoms with E-state index in [1.165, 1.54) is 0 Å². The number of rotatable bonds is 6. The van der Waals surface area contributed by atoms with E-state index in [0.29, 0.717) is 11.0 Å². The fourth-order valence-electron chi connectivity index (χ4n) is 1.14. The molecule has 2 radical (unpaired) electrons. The van der Waals surface area contributed by atoms with Crippen LogP contribution in [0.1, 0.15) is 5.56 Å². The van der Waals surface area contributed by atoms with E-state index in [2.05, 4.69) is 0 Å². The third-order valence-electron chi connectivity index (χ3n) is 1.85. The fraction of sp³-hybridized carbons (Fsp3) is 0.300. The topological polar surface area (TPSA) is 52.3 Å². The van der Waals surface area contributed by atoms with E-state index in [0.717, 1.165) is 17.6 Å². The second-order valence-electron chi connectivity index (χ2n) is 3.06.